The van der Waals surface area contributed by atoms with E-state index >= 15 is 0 Å². The normalized spacial score (nSPS) is 15.2. The number of hydrogen-bond donors (Lipinski definition) is 2. The molecule has 1 saturated heterocycles. The summed E-state index contributed by atoms with van der Waals surface area (Å²) in [5.74, 6) is 0.673. The SMILES string of the molecule is O=C(CC1CNC1)NCc1cccc2ccccc12. The van der Waals surface area contributed by atoms with Gasteiger partial charge in [0.15, 0.2) is 0 Å². The van der Waals surface area contributed by atoms with E-state index in [1.165, 1.54) is 16.3 Å². The van der Waals surface area contributed by atoms with E-state index in [0.717, 1.165) is 13.1 Å². The largest absolute Gasteiger partial charge is 0.352 e. The highest BCUT2D eigenvalue weighted by Gasteiger charge is 2.19. The van der Waals surface area contributed by atoms with E-state index < -0.39 is 0 Å². The van der Waals surface area contributed by atoms with E-state index in [9.17, 15) is 4.79 Å². The Morgan fingerprint density at radius 3 is 2.74 bits per heavy atom. The lowest BCUT2D eigenvalue weighted by Crippen LogP contribution is -2.44. The molecule has 0 saturated carbocycles. The van der Waals surface area contributed by atoms with Gasteiger partial charge in [-0.1, -0.05) is 42.5 Å². The standard InChI is InChI=1S/C16H18N2O/c19-16(8-12-9-17-10-12)18-11-14-6-3-5-13-4-1-2-7-15(13)14/h1-7,12,17H,8-11H2,(H,18,19). The molecule has 0 aromatic heterocycles. The second-order valence-electron chi connectivity index (χ2n) is 5.14. The van der Waals surface area contributed by atoms with Crippen LogP contribution in [0.1, 0.15) is 12.0 Å². The van der Waals surface area contributed by atoms with Crippen molar-refractivity contribution < 1.29 is 4.79 Å². The van der Waals surface area contributed by atoms with Gasteiger partial charge < -0.3 is 10.6 Å². The Hall–Kier alpha value is -1.87. The minimum Gasteiger partial charge on any atom is -0.352 e. The maximum absolute atomic E-state index is 11.8. The van der Waals surface area contributed by atoms with Crippen molar-refractivity contribution in [3.63, 3.8) is 0 Å². The lowest BCUT2D eigenvalue weighted by Gasteiger charge is -2.26. The third-order valence-electron chi connectivity index (χ3n) is 3.70. The van der Waals surface area contributed by atoms with Crippen LogP contribution < -0.4 is 10.6 Å². The third kappa shape index (κ3) is 2.76. The molecule has 1 aliphatic rings. The van der Waals surface area contributed by atoms with Gasteiger partial charge in [0.1, 0.15) is 0 Å². The number of carbonyl (C=O) groups is 1. The molecule has 2 aromatic rings. The van der Waals surface area contributed by atoms with Gasteiger partial charge in [0.05, 0.1) is 0 Å². The zero-order valence-corrected chi connectivity index (χ0v) is 10.9. The maximum atomic E-state index is 11.8. The molecule has 2 aromatic carbocycles. The summed E-state index contributed by atoms with van der Waals surface area (Å²) in [7, 11) is 0. The van der Waals surface area contributed by atoms with Crippen LogP contribution in [-0.4, -0.2) is 19.0 Å². The number of fused-ring (bicyclic) bond motifs is 1. The van der Waals surface area contributed by atoms with Crippen molar-refractivity contribution in [2.24, 2.45) is 5.92 Å². The number of carbonyl (C=O) groups excluding carboxylic acids is 1. The molecule has 2 N–H and O–H groups in total. The van der Waals surface area contributed by atoms with Crippen LogP contribution in [0.15, 0.2) is 42.5 Å². The van der Waals surface area contributed by atoms with Crippen LogP contribution in [0.3, 0.4) is 0 Å². The molecular weight excluding hydrogens is 236 g/mol. The van der Waals surface area contributed by atoms with Gasteiger partial charge in [-0.2, -0.15) is 0 Å². The van der Waals surface area contributed by atoms with Crippen molar-refractivity contribution in [2.45, 2.75) is 13.0 Å². The van der Waals surface area contributed by atoms with E-state index in [0.29, 0.717) is 18.9 Å². The highest BCUT2D eigenvalue weighted by Crippen LogP contribution is 2.18. The molecule has 0 radical (unpaired) electrons. The van der Waals surface area contributed by atoms with Gasteiger partial charge in [0.2, 0.25) is 5.91 Å². The Kier molecular flexibility index (Phi) is 3.47. The second kappa shape index (κ2) is 5.41. The summed E-state index contributed by atoms with van der Waals surface area (Å²) in [6.07, 6.45) is 0.637. The molecule has 1 amide bonds. The first kappa shape index (κ1) is 12.2. The van der Waals surface area contributed by atoms with Crippen molar-refractivity contribution in [3.05, 3.63) is 48.0 Å². The molecule has 0 aliphatic carbocycles. The minimum absolute atomic E-state index is 0.152. The van der Waals surface area contributed by atoms with Crippen LogP contribution in [0.25, 0.3) is 10.8 Å². The van der Waals surface area contributed by atoms with Crippen molar-refractivity contribution in [2.75, 3.05) is 13.1 Å². The molecule has 0 bridgehead atoms. The summed E-state index contributed by atoms with van der Waals surface area (Å²) >= 11 is 0. The van der Waals surface area contributed by atoms with Gasteiger partial charge in [0, 0.05) is 13.0 Å². The topological polar surface area (TPSA) is 41.1 Å². The van der Waals surface area contributed by atoms with E-state index in [2.05, 4.69) is 34.9 Å². The zero-order chi connectivity index (χ0) is 13.1. The molecule has 3 rings (SSSR count). The second-order valence-corrected chi connectivity index (χ2v) is 5.14. The van der Waals surface area contributed by atoms with Gasteiger partial charge in [-0.05, 0) is 35.3 Å². The molecule has 0 spiro atoms. The molecular formula is C16H18N2O. The number of rotatable bonds is 4. The Morgan fingerprint density at radius 2 is 1.95 bits per heavy atom. The maximum Gasteiger partial charge on any atom is 0.220 e. The first-order valence-electron chi connectivity index (χ1n) is 6.77. The molecule has 0 atom stereocenters. The minimum atomic E-state index is 0.152. The first-order chi connectivity index (χ1) is 9.33. The Balaban J connectivity index is 1.66. The molecule has 98 valence electrons. The van der Waals surface area contributed by atoms with Gasteiger partial charge in [-0.25, -0.2) is 0 Å². The smallest absolute Gasteiger partial charge is 0.220 e. The summed E-state index contributed by atoms with van der Waals surface area (Å²) in [6, 6.07) is 14.5. The van der Waals surface area contributed by atoms with Gasteiger partial charge in [-0.3, -0.25) is 4.79 Å². The zero-order valence-electron chi connectivity index (χ0n) is 10.9. The van der Waals surface area contributed by atoms with Crippen LogP contribution in [-0.2, 0) is 11.3 Å². The average molecular weight is 254 g/mol. The summed E-state index contributed by atoms with van der Waals surface area (Å²) in [5, 5.41) is 8.65. The molecule has 0 unspecified atom stereocenters. The fraction of sp³-hybridized carbons (Fsp3) is 0.312. The highest BCUT2D eigenvalue weighted by molar-refractivity contribution is 5.86. The number of hydrogen-bond acceptors (Lipinski definition) is 2. The fourth-order valence-corrected chi connectivity index (χ4v) is 2.47. The van der Waals surface area contributed by atoms with E-state index in [4.69, 9.17) is 0 Å². The lowest BCUT2D eigenvalue weighted by atomic mass is 9.99. The molecule has 1 aliphatic heterocycles. The van der Waals surface area contributed by atoms with Crippen LogP contribution in [0.5, 0.6) is 0 Å². The number of amides is 1. The predicted octanol–water partition coefficient (Wildman–Crippen LogP) is 2.07. The average Bonchev–Trinajstić information content (AvgIpc) is 2.40. The van der Waals surface area contributed by atoms with Crippen LogP contribution in [0, 0.1) is 5.92 Å². The monoisotopic (exact) mass is 254 g/mol. The van der Waals surface area contributed by atoms with Crippen molar-refractivity contribution in [1.29, 1.82) is 0 Å². The van der Waals surface area contributed by atoms with E-state index in [-0.39, 0.29) is 5.91 Å². The molecule has 1 fully saturated rings. The lowest BCUT2D eigenvalue weighted by molar-refractivity contribution is -0.122. The quantitative estimate of drug-likeness (QED) is 0.877. The summed E-state index contributed by atoms with van der Waals surface area (Å²) < 4.78 is 0. The van der Waals surface area contributed by atoms with E-state index in [1.807, 2.05) is 18.2 Å². The number of benzene rings is 2. The Bertz CT molecular complexity index is 585. The fourth-order valence-electron chi connectivity index (χ4n) is 2.47. The summed E-state index contributed by atoms with van der Waals surface area (Å²) in [5.41, 5.74) is 1.18. The van der Waals surface area contributed by atoms with Crippen LogP contribution in [0.4, 0.5) is 0 Å². The van der Waals surface area contributed by atoms with E-state index in [1.54, 1.807) is 0 Å². The molecule has 3 nitrogen and oxygen atoms in total. The molecule has 3 heteroatoms. The van der Waals surface area contributed by atoms with Gasteiger partial charge in [-0.15, -0.1) is 0 Å². The third-order valence-corrected chi connectivity index (χ3v) is 3.70. The predicted molar refractivity (Wildman–Crippen MR) is 76.8 cm³/mol. The Labute approximate surface area is 113 Å². The Morgan fingerprint density at radius 1 is 1.16 bits per heavy atom. The van der Waals surface area contributed by atoms with Crippen molar-refractivity contribution >= 4 is 16.7 Å². The first-order valence-corrected chi connectivity index (χ1v) is 6.77. The number of nitrogens with one attached hydrogen (secondary N) is 2. The summed E-state index contributed by atoms with van der Waals surface area (Å²) in [6.45, 7) is 2.56. The highest BCUT2D eigenvalue weighted by atomic mass is 16.1. The molecule has 19 heavy (non-hydrogen) atoms. The van der Waals surface area contributed by atoms with Crippen molar-refractivity contribution in [3.8, 4) is 0 Å². The van der Waals surface area contributed by atoms with Crippen LogP contribution >= 0.6 is 0 Å². The van der Waals surface area contributed by atoms with Crippen LogP contribution in [0.2, 0.25) is 0 Å². The van der Waals surface area contributed by atoms with Crippen molar-refractivity contribution in [1.82, 2.24) is 10.6 Å². The summed E-state index contributed by atoms with van der Waals surface area (Å²) in [4.78, 5) is 11.8. The van der Waals surface area contributed by atoms with Gasteiger partial charge in [0.25, 0.3) is 0 Å². The van der Waals surface area contributed by atoms with Gasteiger partial charge >= 0.3 is 0 Å². The molecule has 1 heterocycles.